The van der Waals surface area contributed by atoms with Crippen LogP contribution in [-0.4, -0.2) is 46.9 Å². The van der Waals surface area contributed by atoms with Crippen LogP contribution in [0.3, 0.4) is 0 Å². The normalized spacial score (nSPS) is 16.0. The molecule has 0 aromatic heterocycles. The third kappa shape index (κ3) is 5.20. The van der Waals surface area contributed by atoms with Crippen molar-refractivity contribution in [2.75, 3.05) is 30.8 Å². The van der Waals surface area contributed by atoms with Gasteiger partial charge in [-0.05, 0) is 55.2 Å². The number of fused-ring (bicyclic) bond motifs is 1. The van der Waals surface area contributed by atoms with Crippen LogP contribution in [0.5, 0.6) is 11.5 Å². The zero-order valence-corrected chi connectivity index (χ0v) is 17.7. The van der Waals surface area contributed by atoms with Gasteiger partial charge in [-0.2, -0.15) is 0 Å². The Bertz CT molecular complexity index is 973. The number of benzene rings is 2. The number of carbonyl (C=O) groups is 1. The highest BCUT2D eigenvalue weighted by Crippen LogP contribution is 2.35. The van der Waals surface area contributed by atoms with E-state index in [0.717, 1.165) is 36.0 Å². The van der Waals surface area contributed by atoms with Gasteiger partial charge in [0.15, 0.2) is 6.10 Å². The smallest absolute Gasteiger partial charge is 0.263 e. The molecule has 0 saturated heterocycles. The van der Waals surface area contributed by atoms with Gasteiger partial charge in [0.05, 0.1) is 25.6 Å². The van der Waals surface area contributed by atoms with Crippen molar-refractivity contribution in [2.45, 2.75) is 25.9 Å². The zero-order valence-electron chi connectivity index (χ0n) is 16.8. The molecule has 0 fully saturated rings. The van der Waals surface area contributed by atoms with E-state index in [-0.39, 0.29) is 12.5 Å². The second-order valence-corrected chi connectivity index (χ2v) is 9.02. The molecule has 0 unspecified atom stereocenters. The van der Waals surface area contributed by atoms with Crippen molar-refractivity contribution in [3.63, 3.8) is 0 Å². The van der Waals surface area contributed by atoms with E-state index in [1.807, 2.05) is 37.3 Å². The Kier molecular flexibility index (Phi) is 6.32. The van der Waals surface area contributed by atoms with Gasteiger partial charge in [-0.3, -0.25) is 9.10 Å². The van der Waals surface area contributed by atoms with Gasteiger partial charge in [0.25, 0.3) is 5.91 Å². The summed E-state index contributed by atoms with van der Waals surface area (Å²) in [6.45, 7) is 2.31. The number of anilines is 1. The van der Waals surface area contributed by atoms with Crippen LogP contribution in [0, 0.1) is 6.92 Å². The lowest BCUT2D eigenvalue weighted by molar-refractivity contribution is -0.127. The average Bonchev–Trinajstić information content (AvgIpc) is 2.70. The second kappa shape index (κ2) is 8.73. The molecule has 0 spiro atoms. The number of nitrogens with zero attached hydrogens (tertiary/aromatic N) is 1. The molecule has 0 saturated carbocycles. The Hall–Kier alpha value is -2.74. The quantitative estimate of drug-likeness (QED) is 0.698. The molecule has 0 radical (unpaired) electrons. The van der Waals surface area contributed by atoms with Crippen molar-refractivity contribution in [3.05, 3.63) is 53.6 Å². The van der Waals surface area contributed by atoms with Gasteiger partial charge in [0.2, 0.25) is 10.0 Å². The molecule has 3 rings (SSSR count). The first-order chi connectivity index (χ1) is 13.8. The summed E-state index contributed by atoms with van der Waals surface area (Å²) in [5.41, 5.74) is 2.54. The van der Waals surface area contributed by atoms with E-state index in [1.54, 1.807) is 19.2 Å². The van der Waals surface area contributed by atoms with Crippen LogP contribution < -0.4 is 19.1 Å². The number of amides is 1. The average molecular weight is 419 g/mol. The summed E-state index contributed by atoms with van der Waals surface area (Å²) >= 11 is 0. The fourth-order valence-corrected chi connectivity index (χ4v) is 4.13. The Morgan fingerprint density at radius 3 is 2.62 bits per heavy atom. The molecule has 1 N–H and O–H groups in total. The number of ether oxygens (including phenoxy) is 2. The molecule has 7 nitrogen and oxygen atoms in total. The third-order valence-electron chi connectivity index (χ3n) is 4.78. The zero-order chi connectivity index (χ0) is 21.0. The molecule has 29 heavy (non-hydrogen) atoms. The number of carbonyl (C=O) groups excluding carboxylic acids is 1. The third-order valence-corrected chi connectivity index (χ3v) is 5.92. The van der Waals surface area contributed by atoms with Gasteiger partial charge in [-0.15, -0.1) is 0 Å². The summed E-state index contributed by atoms with van der Waals surface area (Å²) in [5.74, 6) is 0.882. The summed E-state index contributed by atoms with van der Waals surface area (Å²) in [6.07, 6.45) is 1.82. The van der Waals surface area contributed by atoms with Crippen molar-refractivity contribution in [1.82, 2.24) is 5.32 Å². The van der Waals surface area contributed by atoms with Crippen LogP contribution in [0.1, 0.15) is 17.5 Å². The minimum Gasteiger partial charge on any atom is -0.497 e. The van der Waals surface area contributed by atoms with Crippen molar-refractivity contribution >= 4 is 21.6 Å². The second-order valence-electron chi connectivity index (χ2n) is 7.11. The van der Waals surface area contributed by atoms with Crippen molar-refractivity contribution < 1.29 is 22.7 Å². The lowest BCUT2D eigenvalue weighted by Gasteiger charge is -2.34. The Labute approximate surface area is 171 Å². The number of hydrogen-bond donors (Lipinski definition) is 1. The predicted octanol–water partition coefficient (Wildman–Crippen LogP) is 2.28. The number of methoxy groups -OCH3 is 1. The van der Waals surface area contributed by atoms with Crippen LogP contribution in [0.2, 0.25) is 0 Å². The van der Waals surface area contributed by atoms with Crippen LogP contribution in [0.15, 0.2) is 42.5 Å². The Balaban J connectivity index is 1.58. The molecule has 1 aliphatic rings. The number of nitrogens with one attached hydrogen (secondary N) is 1. The summed E-state index contributed by atoms with van der Waals surface area (Å²) in [5, 5.41) is 2.85. The van der Waals surface area contributed by atoms with E-state index >= 15 is 0 Å². The van der Waals surface area contributed by atoms with Gasteiger partial charge in [-0.25, -0.2) is 8.42 Å². The van der Waals surface area contributed by atoms with Crippen molar-refractivity contribution in [2.24, 2.45) is 0 Å². The maximum Gasteiger partial charge on any atom is 0.263 e. The molecule has 1 amide bonds. The first-order valence-corrected chi connectivity index (χ1v) is 11.3. The molecule has 156 valence electrons. The molecule has 0 aliphatic carbocycles. The van der Waals surface area contributed by atoms with E-state index in [2.05, 4.69) is 5.32 Å². The number of hydrogen-bond acceptors (Lipinski definition) is 5. The van der Waals surface area contributed by atoms with Crippen LogP contribution in [0.4, 0.5) is 5.69 Å². The monoisotopic (exact) mass is 418 g/mol. The molecular weight excluding hydrogens is 392 g/mol. The topological polar surface area (TPSA) is 84.9 Å². The highest BCUT2D eigenvalue weighted by molar-refractivity contribution is 7.92. The van der Waals surface area contributed by atoms with Crippen molar-refractivity contribution in [1.29, 1.82) is 0 Å². The SMILES string of the molecule is COc1ccc(CCCNC(=O)[C@@H]2CN(S(C)(=O)=O)c3cc(C)ccc3O2)cc1. The number of sulfonamides is 1. The lowest BCUT2D eigenvalue weighted by Crippen LogP contribution is -2.50. The molecule has 0 bridgehead atoms. The van der Waals surface area contributed by atoms with E-state index < -0.39 is 16.1 Å². The fraction of sp³-hybridized carbons (Fsp3) is 0.381. The Morgan fingerprint density at radius 2 is 1.97 bits per heavy atom. The van der Waals surface area contributed by atoms with Crippen LogP contribution >= 0.6 is 0 Å². The number of rotatable bonds is 7. The van der Waals surface area contributed by atoms with E-state index in [9.17, 15) is 13.2 Å². The van der Waals surface area contributed by atoms with Gasteiger partial charge >= 0.3 is 0 Å². The Morgan fingerprint density at radius 1 is 1.24 bits per heavy atom. The van der Waals surface area contributed by atoms with Crippen LogP contribution in [0.25, 0.3) is 0 Å². The molecule has 1 atom stereocenters. The van der Waals surface area contributed by atoms with E-state index in [4.69, 9.17) is 9.47 Å². The maximum atomic E-state index is 12.6. The van der Waals surface area contributed by atoms with Crippen molar-refractivity contribution in [3.8, 4) is 11.5 Å². The predicted molar refractivity (Wildman–Crippen MR) is 112 cm³/mol. The lowest BCUT2D eigenvalue weighted by atomic mass is 10.1. The minimum absolute atomic E-state index is 0.0421. The summed E-state index contributed by atoms with van der Waals surface area (Å²) in [4.78, 5) is 12.6. The van der Waals surface area contributed by atoms with Gasteiger partial charge in [0, 0.05) is 6.54 Å². The first-order valence-electron chi connectivity index (χ1n) is 9.43. The molecule has 1 aliphatic heterocycles. The minimum atomic E-state index is -3.53. The van der Waals surface area contributed by atoms with Gasteiger partial charge in [0.1, 0.15) is 11.5 Å². The highest BCUT2D eigenvalue weighted by Gasteiger charge is 2.34. The fourth-order valence-electron chi connectivity index (χ4n) is 3.22. The first kappa shape index (κ1) is 21.0. The summed E-state index contributed by atoms with van der Waals surface area (Å²) in [6, 6.07) is 13.1. The molecule has 2 aromatic rings. The molecular formula is C21H26N2O5S. The largest absolute Gasteiger partial charge is 0.497 e. The molecule has 2 aromatic carbocycles. The summed E-state index contributed by atoms with van der Waals surface area (Å²) in [7, 11) is -1.90. The molecule has 1 heterocycles. The van der Waals surface area contributed by atoms with E-state index in [0.29, 0.717) is 18.0 Å². The highest BCUT2D eigenvalue weighted by atomic mass is 32.2. The van der Waals surface area contributed by atoms with Gasteiger partial charge < -0.3 is 14.8 Å². The summed E-state index contributed by atoms with van der Waals surface area (Å²) < 4.78 is 36.6. The van der Waals surface area contributed by atoms with Crippen LogP contribution in [-0.2, 0) is 21.2 Å². The maximum absolute atomic E-state index is 12.6. The molecule has 8 heteroatoms. The van der Waals surface area contributed by atoms with Gasteiger partial charge in [-0.1, -0.05) is 18.2 Å². The van der Waals surface area contributed by atoms with E-state index in [1.165, 1.54) is 4.31 Å². The number of aryl methyl sites for hydroxylation is 2. The standard InChI is InChI=1S/C21H26N2O5S/c1-15-6-11-19-18(13-15)23(29(3,25)26)14-20(28-19)21(24)22-12-4-5-16-7-9-17(27-2)10-8-16/h6-11,13,20H,4-5,12,14H2,1-3H3,(H,22,24)/t20-/m0/s1.